The van der Waals surface area contributed by atoms with Crippen LogP contribution in [0.1, 0.15) is 30.9 Å². The fourth-order valence-corrected chi connectivity index (χ4v) is 5.49. The first-order chi connectivity index (χ1) is 18.6. The van der Waals surface area contributed by atoms with Crippen LogP contribution in [0.5, 0.6) is 0 Å². The van der Waals surface area contributed by atoms with Crippen LogP contribution in [0.2, 0.25) is 10.0 Å². The van der Waals surface area contributed by atoms with E-state index >= 15 is 0 Å². The zero-order chi connectivity index (χ0) is 28.4. The molecule has 0 fully saturated rings. The predicted octanol–water partition coefficient (Wildman–Crippen LogP) is 5.32. The van der Waals surface area contributed by atoms with Gasteiger partial charge < -0.3 is 10.2 Å². The van der Waals surface area contributed by atoms with Crippen LogP contribution in [-0.4, -0.2) is 50.5 Å². The van der Waals surface area contributed by atoms with Gasteiger partial charge in [0.25, 0.3) is 0 Å². The molecule has 0 spiro atoms. The summed E-state index contributed by atoms with van der Waals surface area (Å²) in [6.07, 6.45) is 2.98. The topological polar surface area (TPSA) is 86.8 Å². The fraction of sp³-hybridized carbons (Fsp3) is 0.310. The van der Waals surface area contributed by atoms with Crippen LogP contribution in [-0.2, 0) is 32.6 Å². The lowest BCUT2D eigenvalue weighted by Crippen LogP contribution is -2.53. The van der Waals surface area contributed by atoms with E-state index in [1.807, 2.05) is 67.6 Å². The van der Waals surface area contributed by atoms with Gasteiger partial charge in [0.2, 0.25) is 21.8 Å². The molecule has 0 aliphatic carbocycles. The van der Waals surface area contributed by atoms with Crippen molar-refractivity contribution in [3.05, 3.63) is 100 Å². The van der Waals surface area contributed by atoms with Gasteiger partial charge in [-0.1, -0.05) is 97.2 Å². The first-order valence-electron chi connectivity index (χ1n) is 12.7. The Hall–Kier alpha value is -3.07. The van der Waals surface area contributed by atoms with Gasteiger partial charge in [0, 0.05) is 29.6 Å². The number of hydrogen-bond acceptors (Lipinski definition) is 4. The van der Waals surface area contributed by atoms with E-state index in [1.54, 1.807) is 0 Å². The molecule has 0 aliphatic rings. The molecule has 1 unspecified atom stereocenters. The van der Waals surface area contributed by atoms with Crippen LogP contribution in [0, 0.1) is 0 Å². The minimum atomic E-state index is -3.91. The lowest BCUT2D eigenvalue weighted by atomic mass is 10.0. The van der Waals surface area contributed by atoms with Crippen LogP contribution in [0.3, 0.4) is 0 Å². The summed E-state index contributed by atoms with van der Waals surface area (Å²) in [4.78, 5) is 29.0. The average Bonchev–Trinajstić information content (AvgIpc) is 2.89. The van der Waals surface area contributed by atoms with Crippen molar-refractivity contribution in [3.8, 4) is 0 Å². The third-order valence-corrected chi connectivity index (χ3v) is 7.69. The highest BCUT2D eigenvalue weighted by Gasteiger charge is 2.33. The van der Waals surface area contributed by atoms with E-state index in [0.29, 0.717) is 6.54 Å². The number of nitrogens with one attached hydrogen (secondary N) is 1. The van der Waals surface area contributed by atoms with Crippen molar-refractivity contribution in [2.24, 2.45) is 0 Å². The highest BCUT2D eigenvalue weighted by Crippen LogP contribution is 2.27. The number of nitrogens with zero attached hydrogens (tertiary/aromatic N) is 2. The first kappa shape index (κ1) is 30.5. The van der Waals surface area contributed by atoms with Gasteiger partial charge in [0.1, 0.15) is 12.6 Å². The molecule has 0 saturated heterocycles. The molecular formula is C29H33Cl2N3O4S. The van der Waals surface area contributed by atoms with Crippen LogP contribution in [0.15, 0.2) is 78.9 Å². The predicted molar refractivity (Wildman–Crippen MR) is 157 cm³/mol. The lowest BCUT2D eigenvalue weighted by molar-refractivity contribution is -0.140. The van der Waals surface area contributed by atoms with Gasteiger partial charge >= 0.3 is 0 Å². The van der Waals surface area contributed by atoms with E-state index in [9.17, 15) is 18.0 Å². The number of rotatable bonds is 13. The molecule has 0 aliphatic heterocycles. The lowest BCUT2D eigenvalue weighted by Gasteiger charge is -2.33. The molecule has 10 heteroatoms. The number of unbranched alkanes of at least 4 members (excludes halogenated alkanes) is 1. The highest BCUT2D eigenvalue weighted by molar-refractivity contribution is 7.92. The third-order valence-electron chi connectivity index (χ3n) is 6.11. The Kier molecular flexibility index (Phi) is 11.2. The van der Waals surface area contributed by atoms with Gasteiger partial charge in [-0.05, 0) is 35.7 Å². The molecule has 7 nitrogen and oxygen atoms in total. The molecule has 0 saturated carbocycles. The van der Waals surface area contributed by atoms with Gasteiger partial charge in [-0.3, -0.25) is 13.9 Å². The van der Waals surface area contributed by atoms with Crippen molar-refractivity contribution < 1.29 is 18.0 Å². The Morgan fingerprint density at radius 2 is 1.46 bits per heavy atom. The van der Waals surface area contributed by atoms with Crippen molar-refractivity contribution in [1.82, 2.24) is 10.2 Å². The number of carbonyl (C=O) groups is 2. The van der Waals surface area contributed by atoms with Gasteiger partial charge in [0.15, 0.2) is 0 Å². The number of anilines is 1. The summed E-state index contributed by atoms with van der Waals surface area (Å²) in [6.45, 7) is 2.09. The fourth-order valence-electron chi connectivity index (χ4n) is 4.14. The van der Waals surface area contributed by atoms with Gasteiger partial charge in [-0.15, -0.1) is 0 Å². The Labute approximate surface area is 240 Å². The minimum absolute atomic E-state index is 0.117. The zero-order valence-electron chi connectivity index (χ0n) is 22.0. The standard InChI is InChI=1S/C29H33Cl2N3O4S/c1-3-4-15-32-29(36)27(16-22-11-7-5-8-12-22)33(20-23-13-9-6-10-14-23)28(35)21-34(39(2,37)38)26-18-24(30)17-25(31)19-26/h5-14,17-19,27H,3-4,15-16,20-21H2,1-2H3,(H,32,36). The van der Waals surface area contributed by atoms with Crippen molar-refractivity contribution in [2.45, 2.75) is 38.8 Å². The van der Waals surface area contributed by atoms with Gasteiger partial charge in [0.05, 0.1) is 11.9 Å². The second kappa shape index (κ2) is 14.4. The molecular weight excluding hydrogens is 557 g/mol. The summed E-state index contributed by atoms with van der Waals surface area (Å²) < 4.78 is 26.6. The average molecular weight is 591 g/mol. The Bertz CT molecular complexity index is 1340. The Morgan fingerprint density at radius 3 is 2.00 bits per heavy atom. The van der Waals surface area contributed by atoms with Gasteiger partial charge in [-0.25, -0.2) is 8.42 Å². The van der Waals surface area contributed by atoms with E-state index in [2.05, 4.69) is 5.32 Å². The molecule has 3 rings (SSSR count). The molecule has 3 aromatic carbocycles. The summed E-state index contributed by atoms with van der Waals surface area (Å²) in [7, 11) is -3.91. The van der Waals surface area contributed by atoms with E-state index < -0.39 is 28.5 Å². The maximum absolute atomic E-state index is 14.0. The van der Waals surface area contributed by atoms with Gasteiger partial charge in [-0.2, -0.15) is 0 Å². The minimum Gasteiger partial charge on any atom is -0.354 e. The molecule has 0 aromatic heterocycles. The summed E-state index contributed by atoms with van der Waals surface area (Å²) >= 11 is 12.3. The molecule has 208 valence electrons. The van der Waals surface area contributed by atoms with Crippen LogP contribution in [0.4, 0.5) is 5.69 Å². The molecule has 0 heterocycles. The summed E-state index contributed by atoms with van der Waals surface area (Å²) in [5.41, 5.74) is 1.84. The molecule has 1 N–H and O–H groups in total. The second-order valence-corrected chi connectivity index (χ2v) is 12.0. The molecule has 1 atom stereocenters. The number of carbonyl (C=O) groups excluding carboxylic acids is 2. The van der Waals surface area contributed by atoms with E-state index in [0.717, 1.165) is 34.5 Å². The molecule has 39 heavy (non-hydrogen) atoms. The van der Waals surface area contributed by atoms with Crippen molar-refractivity contribution >= 4 is 50.7 Å². The summed E-state index contributed by atoms with van der Waals surface area (Å²) in [6, 6.07) is 22.2. The van der Waals surface area contributed by atoms with E-state index in [4.69, 9.17) is 23.2 Å². The number of halogens is 2. The van der Waals surface area contributed by atoms with Crippen LogP contribution in [0.25, 0.3) is 0 Å². The maximum atomic E-state index is 14.0. The molecule has 3 aromatic rings. The Morgan fingerprint density at radius 1 is 0.897 bits per heavy atom. The van der Waals surface area contributed by atoms with Crippen LogP contribution >= 0.6 is 23.2 Å². The highest BCUT2D eigenvalue weighted by atomic mass is 35.5. The van der Waals surface area contributed by atoms with Crippen molar-refractivity contribution in [1.29, 1.82) is 0 Å². The summed E-state index contributed by atoms with van der Waals surface area (Å²) in [5, 5.41) is 3.42. The number of amides is 2. The first-order valence-corrected chi connectivity index (χ1v) is 15.3. The normalized spacial score (nSPS) is 12.0. The molecule has 0 radical (unpaired) electrons. The zero-order valence-corrected chi connectivity index (χ0v) is 24.3. The van der Waals surface area contributed by atoms with Crippen LogP contribution < -0.4 is 9.62 Å². The van der Waals surface area contributed by atoms with Crippen molar-refractivity contribution in [2.75, 3.05) is 23.7 Å². The van der Waals surface area contributed by atoms with E-state index in [-0.39, 0.29) is 34.6 Å². The number of benzene rings is 3. The van der Waals surface area contributed by atoms with E-state index in [1.165, 1.54) is 23.1 Å². The summed E-state index contributed by atoms with van der Waals surface area (Å²) in [5.74, 6) is -0.833. The third kappa shape index (κ3) is 9.27. The number of hydrogen-bond donors (Lipinski definition) is 1. The largest absolute Gasteiger partial charge is 0.354 e. The molecule has 0 bridgehead atoms. The monoisotopic (exact) mass is 589 g/mol. The maximum Gasteiger partial charge on any atom is 0.244 e. The SMILES string of the molecule is CCCCNC(=O)C(Cc1ccccc1)N(Cc1ccccc1)C(=O)CN(c1cc(Cl)cc(Cl)c1)S(C)(=O)=O. The second-order valence-electron chi connectivity index (χ2n) is 9.25. The quantitative estimate of drug-likeness (QED) is 0.273. The molecule has 2 amide bonds. The Balaban J connectivity index is 2.03. The smallest absolute Gasteiger partial charge is 0.244 e. The number of sulfonamides is 1. The van der Waals surface area contributed by atoms with Crippen molar-refractivity contribution in [3.63, 3.8) is 0 Å².